The number of hydrogen-bond donors (Lipinski definition) is 1. The zero-order valence-electron chi connectivity index (χ0n) is 9.95. The van der Waals surface area contributed by atoms with Crippen molar-refractivity contribution in [3.63, 3.8) is 0 Å². The van der Waals surface area contributed by atoms with Crippen molar-refractivity contribution in [1.82, 2.24) is 0 Å². The molecule has 0 saturated heterocycles. The van der Waals surface area contributed by atoms with Crippen LogP contribution in [0.1, 0.15) is 35.3 Å². The Hall–Kier alpha value is -1.41. The number of rotatable bonds is 2. The molecule has 0 heterocycles. The van der Waals surface area contributed by atoms with Crippen LogP contribution >= 0.6 is 0 Å². The molecule has 1 rings (SSSR count). The third kappa shape index (κ3) is 5.81. The average molecular weight is 208 g/mol. The Morgan fingerprint density at radius 2 is 1.80 bits per heavy atom. The zero-order chi connectivity index (χ0) is 12.3. The highest BCUT2D eigenvalue weighted by Gasteiger charge is 1.95. The van der Waals surface area contributed by atoms with Crippen molar-refractivity contribution in [2.45, 2.75) is 20.8 Å². The van der Waals surface area contributed by atoms with Crippen LogP contribution in [0, 0.1) is 6.92 Å². The molecule has 0 bridgehead atoms. The van der Waals surface area contributed by atoms with Crippen LogP contribution in [0.5, 0.6) is 0 Å². The van der Waals surface area contributed by atoms with E-state index in [0.29, 0.717) is 0 Å². The number of aliphatic hydroxyl groups excluding tert-OH is 1. The fourth-order valence-electron chi connectivity index (χ4n) is 0.913. The fourth-order valence-corrected chi connectivity index (χ4v) is 0.913. The molecule has 0 aliphatic heterocycles. The molecule has 0 atom stereocenters. The first-order valence-corrected chi connectivity index (χ1v) is 4.91. The van der Waals surface area contributed by atoms with E-state index in [1.54, 1.807) is 6.08 Å². The average Bonchev–Trinajstić information content (AvgIpc) is 2.35. The van der Waals surface area contributed by atoms with Crippen LogP contribution in [0.25, 0.3) is 6.08 Å². The number of carbonyl (C=O) groups excluding carboxylic acids is 1. The number of aryl methyl sites for hydroxylation is 1. The van der Waals surface area contributed by atoms with Crippen LogP contribution < -0.4 is 0 Å². The van der Waals surface area contributed by atoms with E-state index in [-0.39, 0.29) is 0 Å². The molecule has 1 aromatic carbocycles. The molecule has 2 heteroatoms. The molecular weight excluding hydrogens is 188 g/mol. The topological polar surface area (TPSA) is 37.3 Å². The Bertz CT molecular complexity index is 291. The molecule has 0 amide bonds. The van der Waals surface area contributed by atoms with Gasteiger partial charge in [-0.2, -0.15) is 0 Å². The molecule has 0 aliphatic carbocycles. The van der Waals surface area contributed by atoms with Gasteiger partial charge < -0.3 is 5.11 Å². The number of aldehydes is 1. The molecule has 0 unspecified atom stereocenters. The summed E-state index contributed by atoms with van der Waals surface area (Å²) in [5.74, 6) is 0. The van der Waals surface area contributed by atoms with Gasteiger partial charge in [-0.1, -0.05) is 38.6 Å². The lowest BCUT2D eigenvalue weighted by Gasteiger charge is -1.98. The minimum Gasteiger partial charge on any atom is -0.400 e. The lowest BCUT2D eigenvalue weighted by molar-refractivity contribution is 0.112. The molecular formula is C13H20O2. The van der Waals surface area contributed by atoms with E-state index < -0.39 is 0 Å². The summed E-state index contributed by atoms with van der Waals surface area (Å²) < 4.78 is 0. The van der Waals surface area contributed by atoms with Gasteiger partial charge >= 0.3 is 0 Å². The van der Waals surface area contributed by atoms with Gasteiger partial charge in [0.2, 0.25) is 0 Å². The molecule has 84 valence electrons. The third-order valence-electron chi connectivity index (χ3n) is 1.67. The van der Waals surface area contributed by atoms with E-state index in [9.17, 15) is 4.79 Å². The Morgan fingerprint density at radius 1 is 1.27 bits per heavy atom. The number of benzene rings is 1. The van der Waals surface area contributed by atoms with Gasteiger partial charge in [0, 0.05) is 12.7 Å². The van der Waals surface area contributed by atoms with Gasteiger partial charge in [-0.3, -0.25) is 4.79 Å². The van der Waals surface area contributed by atoms with Crippen LogP contribution in [0.3, 0.4) is 0 Å². The maximum atomic E-state index is 10.5. The van der Waals surface area contributed by atoms with E-state index in [4.69, 9.17) is 5.11 Å². The van der Waals surface area contributed by atoms with Crippen LogP contribution in [-0.2, 0) is 0 Å². The molecule has 1 aromatic rings. The Kier molecular flexibility index (Phi) is 11.4. The van der Waals surface area contributed by atoms with Crippen molar-refractivity contribution in [2.24, 2.45) is 0 Å². The molecule has 0 aliphatic rings. The van der Waals surface area contributed by atoms with E-state index in [0.717, 1.165) is 30.1 Å². The minimum absolute atomic E-state index is 0.738. The van der Waals surface area contributed by atoms with Crippen molar-refractivity contribution in [2.75, 3.05) is 7.11 Å². The number of hydrogen-bond acceptors (Lipinski definition) is 2. The molecule has 15 heavy (non-hydrogen) atoms. The Balaban J connectivity index is 0. The van der Waals surface area contributed by atoms with Crippen molar-refractivity contribution >= 4 is 12.4 Å². The predicted molar refractivity (Wildman–Crippen MR) is 66.1 cm³/mol. The largest absolute Gasteiger partial charge is 0.400 e. The maximum Gasteiger partial charge on any atom is 0.150 e. The number of aliphatic hydroxyl groups is 1. The summed E-state index contributed by atoms with van der Waals surface area (Å²) in [4.78, 5) is 10.5. The fraction of sp³-hybridized carbons (Fsp3) is 0.308. The Labute approximate surface area is 92.3 Å². The monoisotopic (exact) mass is 208 g/mol. The van der Waals surface area contributed by atoms with Gasteiger partial charge in [0.25, 0.3) is 0 Å². The molecule has 0 aromatic heterocycles. The number of carbonyl (C=O) groups is 1. The van der Waals surface area contributed by atoms with Crippen molar-refractivity contribution in [3.05, 3.63) is 41.5 Å². The van der Waals surface area contributed by atoms with Gasteiger partial charge in [0.1, 0.15) is 6.29 Å². The summed E-state index contributed by atoms with van der Waals surface area (Å²) in [7, 11) is 1.00. The molecule has 0 radical (unpaired) electrons. The summed E-state index contributed by atoms with van der Waals surface area (Å²) in [5.41, 5.74) is 2.73. The lowest BCUT2D eigenvalue weighted by Crippen LogP contribution is -1.85. The van der Waals surface area contributed by atoms with Gasteiger partial charge in [-0.25, -0.2) is 0 Å². The van der Waals surface area contributed by atoms with Crippen molar-refractivity contribution < 1.29 is 9.90 Å². The highest BCUT2D eigenvalue weighted by molar-refractivity contribution is 5.78. The predicted octanol–water partition coefficient (Wildman–Crippen LogP) is 3.09. The van der Waals surface area contributed by atoms with E-state index in [2.05, 4.69) is 6.58 Å². The first-order chi connectivity index (χ1) is 7.27. The summed E-state index contributed by atoms with van der Waals surface area (Å²) in [6.45, 7) is 9.53. The smallest absolute Gasteiger partial charge is 0.150 e. The van der Waals surface area contributed by atoms with Crippen molar-refractivity contribution in [3.8, 4) is 0 Å². The van der Waals surface area contributed by atoms with E-state index in [1.807, 2.05) is 39.0 Å². The second kappa shape index (κ2) is 10.7. The first-order valence-electron chi connectivity index (χ1n) is 4.91. The van der Waals surface area contributed by atoms with E-state index >= 15 is 0 Å². The van der Waals surface area contributed by atoms with Gasteiger partial charge in [0.15, 0.2) is 0 Å². The maximum absolute atomic E-state index is 10.5. The highest BCUT2D eigenvalue weighted by atomic mass is 16.2. The standard InChI is InChI=1S/C10H10O.C2H6.CH4O/c1-3-9-5-4-8(2)10(6-9)7-11;2*1-2/h3-7H,1H2,2H3;1-2H3;2H,1H3. The Morgan fingerprint density at radius 3 is 2.20 bits per heavy atom. The van der Waals surface area contributed by atoms with Crippen LogP contribution in [0.2, 0.25) is 0 Å². The second-order valence-corrected chi connectivity index (χ2v) is 2.44. The van der Waals surface area contributed by atoms with E-state index in [1.165, 1.54) is 0 Å². The van der Waals surface area contributed by atoms with Crippen LogP contribution in [-0.4, -0.2) is 18.5 Å². The first kappa shape index (κ1) is 16.0. The van der Waals surface area contributed by atoms with Gasteiger partial charge in [-0.15, -0.1) is 0 Å². The van der Waals surface area contributed by atoms with Gasteiger partial charge in [0.05, 0.1) is 0 Å². The lowest BCUT2D eigenvalue weighted by atomic mass is 10.1. The third-order valence-corrected chi connectivity index (χ3v) is 1.67. The summed E-state index contributed by atoms with van der Waals surface area (Å²) in [6.07, 6.45) is 2.59. The quantitative estimate of drug-likeness (QED) is 0.758. The minimum atomic E-state index is 0.738. The van der Waals surface area contributed by atoms with Crippen LogP contribution in [0.15, 0.2) is 24.8 Å². The summed E-state index contributed by atoms with van der Waals surface area (Å²) in [5, 5.41) is 7.00. The van der Waals surface area contributed by atoms with Crippen molar-refractivity contribution in [1.29, 1.82) is 0 Å². The zero-order valence-corrected chi connectivity index (χ0v) is 9.95. The molecule has 0 saturated carbocycles. The van der Waals surface area contributed by atoms with Gasteiger partial charge in [-0.05, 0) is 24.1 Å². The summed E-state index contributed by atoms with van der Waals surface area (Å²) in [6, 6.07) is 5.69. The summed E-state index contributed by atoms with van der Waals surface area (Å²) >= 11 is 0. The molecule has 1 N–H and O–H groups in total. The van der Waals surface area contributed by atoms with Crippen LogP contribution in [0.4, 0.5) is 0 Å². The highest BCUT2D eigenvalue weighted by Crippen LogP contribution is 2.09. The normalized spacial score (nSPS) is 7.53. The molecule has 0 spiro atoms. The second-order valence-electron chi connectivity index (χ2n) is 2.44. The molecule has 0 fully saturated rings. The molecule has 2 nitrogen and oxygen atoms in total. The SMILES string of the molecule is C=Cc1ccc(C)c(C=O)c1.CC.CO.